The number of aryl methyl sites for hydroxylation is 1. The van der Waals surface area contributed by atoms with Gasteiger partial charge in [0, 0.05) is 64.6 Å². The Morgan fingerprint density at radius 2 is 1.92 bits per heavy atom. The number of guanidine groups is 1. The van der Waals surface area contributed by atoms with Gasteiger partial charge < -0.3 is 10.2 Å². The third-order valence-electron chi connectivity index (χ3n) is 5.05. The summed E-state index contributed by atoms with van der Waals surface area (Å²) in [6, 6.07) is 11.4. The Kier molecular flexibility index (Phi) is 6.28. The Morgan fingerprint density at radius 3 is 2.50 bits per heavy atom. The number of aromatic nitrogens is 2. The van der Waals surface area contributed by atoms with Gasteiger partial charge in [-0.15, -0.1) is 0 Å². The normalized spacial score (nSPS) is 17.3. The van der Waals surface area contributed by atoms with Gasteiger partial charge in [-0.2, -0.15) is 5.10 Å². The van der Waals surface area contributed by atoms with Crippen molar-refractivity contribution in [3.63, 3.8) is 0 Å². The molecule has 6 nitrogen and oxygen atoms in total. The molecule has 1 aliphatic heterocycles. The smallest absolute Gasteiger partial charge is 0.194 e. The van der Waals surface area contributed by atoms with Crippen molar-refractivity contribution in [1.82, 2.24) is 24.9 Å². The molecule has 1 atom stereocenters. The lowest BCUT2D eigenvalue weighted by molar-refractivity contribution is 0.127. The molecule has 2 heterocycles. The van der Waals surface area contributed by atoms with Crippen molar-refractivity contribution in [3.8, 4) is 0 Å². The summed E-state index contributed by atoms with van der Waals surface area (Å²) < 4.78 is 1.83. The number of nitrogens with one attached hydrogen (secondary N) is 1. The number of nitrogens with zero attached hydrogens (tertiary/aromatic N) is 5. The maximum atomic E-state index is 4.47. The Labute approximate surface area is 156 Å². The van der Waals surface area contributed by atoms with Crippen LogP contribution >= 0.6 is 0 Å². The van der Waals surface area contributed by atoms with Gasteiger partial charge in [0.15, 0.2) is 5.96 Å². The van der Waals surface area contributed by atoms with Crippen molar-refractivity contribution < 1.29 is 0 Å². The van der Waals surface area contributed by atoms with E-state index in [1.54, 1.807) is 0 Å². The molecule has 1 unspecified atom stereocenters. The highest BCUT2D eigenvalue weighted by Gasteiger charge is 2.25. The van der Waals surface area contributed by atoms with Crippen molar-refractivity contribution in [2.24, 2.45) is 12.0 Å². The SMILES string of the molecule is CCC(c1ccccc1)N1CCN(C(=NC)NCc2cnn(C)c2)CC1. The standard InChI is InChI=1S/C20H30N6/c1-4-19(18-8-6-5-7-9-18)25-10-12-26(13-11-25)20(21-2)22-14-17-15-23-24(3)16-17/h5-9,15-16,19H,4,10-14H2,1-3H3,(H,21,22). The van der Waals surface area contributed by atoms with E-state index in [0.29, 0.717) is 6.04 Å². The van der Waals surface area contributed by atoms with E-state index in [0.717, 1.165) is 45.1 Å². The number of benzene rings is 1. The van der Waals surface area contributed by atoms with E-state index >= 15 is 0 Å². The maximum Gasteiger partial charge on any atom is 0.194 e. The molecular formula is C20H30N6. The molecule has 2 aromatic rings. The highest BCUT2D eigenvalue weighted by atomic mass is 15.4. The largest absolute Gasteiger partial charge is 0.352 e. The molecule has 3 rings (SSSR count). The molecule has 1 fully saturated rings. The molecule has 1 N–H and O–H groups in total. The highest BCUT2D eigenvalue weighted by molar-refractivity contribution is 5.80. The Bertz CT molecular complexity index is 700. The van der Waals surface area contributed by atoms with Crippen molar-refractivity contribution in [2.75, 3.05) is 33.2 Å². The molecule has 0 radical (unpaired) electrons. The van der Waals surface area contributed by atoms with Gasteiger partial charge in [-0.25, -0.2) is 0 Å². The molecule has 1 aliphatic rings. The van der Waals surface area contributed by atoms with Crippen LogP contribution in [0.1, 0.15) is 30.5 Å². The average molecular weight is 355 g/mol. The van der Waals surface area contributed by atoms with Gasteiger partial charge in [0.1, 0.15) is 0 Å². The molecule has 0 spiro atoms. The zero-order valence-electron chi connectivity index (χ0n) is 16.1. The second-order valence-corrected chi connectivity index (χ2v) is 6.78. The summed E-state index contributed by atoms with van der Waals surface area (Å²) in [6.45, 7) is 7.13. The van der Waals surface area contributed by atoms with Gasteiger partial charge >= 0.3 is 0 Å². The second-order valence-electron chi connectivity index (χ2n) is 6.78. The van der Waals surface area contributed by atoms with Crippen LogP contribution in [0.25, 0.3) is 0 Å². The van der Waals surface area contributed by atoms with Gasteiger partial charge in [0.25, 0.3) is 0 Å². The fourth-order valence-corrected chi connectivity index (χ4v) is 3.70. The van der Waals surface area contributed by atoms with Gasteiger partial charge in [0.2, 0.25) is 0 Å². The van der Waals surface area contributed by atoms with Crippen LogP contribution in [-0.4, -0.2) is 58.8 Å². The quantitative estimate of drug-likeness (QED) is 0.661. The van der Waals surface area contributed by atoms with Crippen molar-refractivity contribution in [2.45, 2.75) is 25.9 Å². The summed E-state index contributed by atoms with van der Waals surface area (Å²) in [5.41, 5.74) is 2.59. The molecule has 26 heavy (non-hydrogen) atoms. The van der Waals surface area contributed by atoms with Crippen LogP contribution in [0.2, 0.25) is 0 Å². The van der Waals surface area contributed by atoms with Gasteiger partial charge in [-0.1, -0.05) is 37.3 Å². The molecule has 1 aromatic heterocycles. The number of rotatable bonds is 5. The Hall–Kier alpha value is -2.34. The van der Waals surface area contributed by atoms with E-state index in [-0.39, 0.29) is 0 Å². The van der Waals surface area contributed by atoms with E-state index in [9.17, 15) is 0 Å². The molecular weight excluding hydrogens is 324 g/mol. The molecule has 0 aliphatic carbocycles. The van der Waals surface area contributed by atoms with Crippen molar-refractivity contribution in [1.29, 1.82) is 0 Å². The van der Waals surface area contributed by atoms with Crippen LogP contribution in [-0.2, 0) is 13.6 Å². The van der Waals surface area contributed by atoms with Gasteiger partial charge in [-0.05, 0) is 12.0 Å². The first-order valence-electron chi connectivity index (χ1n) is 9.43. The first kappa shape index (κ1) is 18.5. The predicted octanol–water partition coefficient (Wildman–Crippen LogP) is 2.26. The molecule has 0 bridgehead atoms. The minimum absolute atomic E-state index is 0.503. The average Bonchev–Trinajstić information content (AvgIpc) is 3.10. The van der Waals surface area contributed by atoms with E-state index in [1.165, 1.54) is 11.1 Å². The van der Waals surface area contributed by atoms with Crippen LogP contribution in [0, 0.1) is 0 Å². The molecule has 6 heteroatoms. The summed E-state index contributed by atoms with van der Waals surface area (Å²) >= 11 is 0. The Morgan fingerprint density at radius 1 is 1.19 bits per heavy atom. The predicted molar refractivity (Wildman–Crippen MR) is 106 cm³/mol. The lowest BCUT2D eigenvalue weighted by atomic mass is 10.0. The van der Waals surface area contributed by atoms with Crippen LogP contribution in [0.4, 0.5) is 0 Å². The van der Waals surface area contributed by atoms with Crippen LogP contribution < -0.4 is 5.32 Å². The molecule has 140 valence electrons. The van der Waals surface area contributed by atoms with Crippen molar-refractivity contribution in [3.05, 3.63) is 53.9 Å². The first-order chi connectivity index (χ1) is 12.7. The highest BCUT2D eigenvalue weighted by Crippen LogP contribution is 2.25. The van der Waals surface area contributed by atoms with E-state index in [1.807, 2.05) is 31.2 Å². The summed E-state index contributed by atoms with van der Waals surface area (Å²) in [5, 5.41) is 7.68. The zero-order chi connectivity index (χ0) is 18.4. The monoisotopic (exact) mass is 354 g/mol. The third kappa shape index (κ3) is 4.43. The third-order valence-corrected chi connectivity index (χ3v) is 5.05. The van der Waals surface area contributed by atoms with Crippen molar-refractivity contribution >= 4 is 5.96 Å². The number of hydrogen-bond acceptors (Lipinski definition) is 3. The molecule has 0 saturated carbocycles. The van der Waals surface area contributed by atoms with E-state index in [4.69, 9.17) is 0 Å². The minimum Gasteiger partial charge on any atom is -0.352 e. The number of aliphatic imine (C=N–C) groups is 1. The maximum absolute atomic E-state index is 4.47. The summed E-state index contributed by atoms with van der Waals surface area (Å²) in [7, 11) is 3.80. The van der Waals surface area contributed by atoms with E-state index in [2.05, 4.69) is 62.5 Å². The lowest BCUT2D eigenvalue weighted by Gasteiger charge is -2.40. The topological polar surface area (TPSA) is 48.7 Å². The van der Waals surface area contributed by atoms with Gasteiger partial charge in [-0.3, -0.25) is 14.6 Å². The van der Waals surface area contributed by atoms with Crippen LogP contribution in [0.15, 0.2) is 47.7 Å². The number of hydrogen-bond donors (Lipinski definition) is 1. The molecule has 1 aromatic carbocycles. The second kappa shape index (κ2) is 8.85. The fraction of sp³-hybridized carbons (Fsp3) is 0.500. The first-order valence-corrected chi connectivity index (χ1v) is 9.43. The lowest BCUT2D eigenvalue weighted by Crippen LogP contribution is -2.52. The zero-order valence-corrected chi connectivity index (χ0v) is 16.1. The summed E-state index contributed by atoms with van der Waals surface area (Å²) in [5.74, 6) is 0.973. The summed E-state index contributed by atoms with van der Waals surface area (Å²) in [4.78, 5) is 9.42. The molecule has 1 saturated heterocycles. The van der Waals surface area contributed by atoms with Crippen LogP contribution in [0.3, 0.4) is 0 Å². The van der Waals surface area contributed by atoms with E-state index < -0.39 is 0 Å². The van der Waals surface area contributed by atoms with Crippen LogP contribution in [0.5, 0.6) is 0 Å². The minimum atomic E-state index is 0.503. The van der Waals surface area contributed by atoms with Gasteiger partial charge in [0.05, 0.1) is 6.20 Å². The Balaban J connectivity index is 1.54. The fourth-order valence-electron chi connectivity index (χ4n) is 3.70. The number of piperazine rings is 1. The summed E-state index contributed by atoms with van der Waals surface area (Å²) in [6.07, 6.45) is 5.06. The molecule has 0 amide bonds.